The summed E-state index contributed by atoms with van der Waals surface area (Å²) in [7, 11) is -3.58. The van der Waals surface area contributed by atoms with E-state index in [1.54, 1.807) is 12.1 Å². The highest BCUT2D eigenvalue weighted by atomic mass is 127. The number of aliphatic imine (C=N–C) groups is 1. The minimum absolute atomic E-state index is 0. The Bertz CT molecular complexity index is 636. The molecule has 0 aliphatic carbocycles. The third-order valence-electron chi connectivity index (χ3n) is 3.12. The number of nitrogens with one attached hydrogen (secondary N) is 1. The van der Waals surface area contributed by atoms with Crippen LogP contribution in [-0.2, 0) is 14.8 Å². The van der Waals surface area contributed by atoms with Crippen molar-refractivity contribution >= 4 is 51.6 Å². The van der Waals surface area contributed by atoms with Crippen LogP contribution in [0.3, 0.4) is 0 Å². The van der Waals surface area contributed by atoms with Crippen LogP contribution in [0.25, 0.3) is 0 Å². The standard InChI is InChI=1S/C13H19ClN4O3S.HI/c14-11-2-1-3-12(10-11)22(19,20)17-5-4-16-13(15)18-6-8-21-9-7-18;/h1-3,10,17H,4-9H2,(H2,15,16);1H. The van der Waals surface area contributed by atoms with Crippen LogP contribution in [-0.4, -0.2) is 58.7 Å². The maximum atomic E-state index is 12.1. The molecule has 23 heavy (non-hydrogen) atoms. The minimum atomic E-state index is -3.58. The summed E-state index contributed by atoms with van der Waals surface area (Å²) < 4.78 is 31.8. The van der Waals surface area contributed by atoms with Crippen LogP contribution in [0.5, 0.6) is 0 Å². The van der Waals surface area contributed by atoms with Gasteiger partial charge in [-0.15, -0.1) is 24.0 Å². The molecule has 130 valence electrons. The first-order chi connectivity index (χ1) is 10.5. The second kappa shape index (κ2) is 9.62. The fraction of sp³-hybridized carbons (Fsp3) is 0.462. The molecule has 3 N–H and O–H groups in total. The zero-order valence-corrected chi connectivity index (χ0v) is 16.3. The maximum Gasteiger partial charge on any atom is 0.240 e. The van der Waals surface area contributed by atoms with Gasteiger partial charge in [0.25, 0.3) is 0 Å². The summed E-state index contributed by atoms with van der Waals surface area (Å²) in [6, 6.07) is 6.09. The number of halogens is 2. The van der Waals surface area contributed by atoms with E-state index < -0.39 is 10.0 Å². The Morgan fingerprint density at radius 2 is 2.09 bits per heavy atom. The summed E-state index contributed by atoms with van der Waals surface area (Å²) in [5.74, 6) is 0.408. The lowest BCUT2D eigenvalue weighted by Gasteiger charge is -2.27. The van der Waals surface area contributed by atoms with Crippen molar-refractivity contribution in [3.05, 3.63) is 29.3 Å². The summed E-state index contributed by atoms with van der Waals surface area (Å²) in [6.45, 7) is 3.07. The molecule has 1 heterocycles. The van der Waals surface area contributed by atoms with Gasteiger partial charge in [0, 0.05) is 24.7 Å². The minimum Gasteiger partial charge on any atom is -0.378 e. The quantitative estimate of drug-likeness (QED) is 0.286. The number of hydrogen-bond acceptors (Lipinski definition) is 4. The summed E-state index contributed by atoms with van der Waals surface area (Å²) in [4.78, 5) is 6.22. The lowest BCUT2D eigenvalue weighted by atomic mass is 10.4. The molecule has 0 spiro atoms. The van der Waals surface area contributed by atoms with Crippen LogP contribution in [0.1, 0.15) is 0 Å². The highest BCUT2D eigenvalue weighted by molar-refractivity contribution is 14.0. The number of nitrogens with zero attached hydrogens (tertiary/aromatic N) is 2. The summed E-state index contributed by atoms with van der Waals surface area (Å²) in [5.41, 5.74) is 5.85. The molecule has 1 aliphatic rings. The average Bonchev–Trinajstić information content (AvgIpc) is 2.52. The molecule has 10 heteroatoms. The predicted octanol–water partition coefficient (Wildman–Crippen LogP) is 0.883. The first-order valence-electron chi connectivity index (χ1n) is 6.87. The molecular formula is C13H20ClIN4O3S. The molecule has 0 atom stereocenters. The Morgan fingerprint density at radius 1 is 1.39 bits per heavy atom. The third-order valence-corrected chi connectivity index (χ3v) is 4.81. The second-order valence-electron chi connectivity index (χ2n) is 4.69. The van der Waals surface area contributed by atoms with E-state index in [9.17, 15) is 8.42 Å². The number of benzene rings is 1. The molecule has 1 saturated heterocycles. The molecule has 2 rings (SSSR count). The van der Waals surface area contributed by atoms with Crippen LogP contribution in [0.15, 0.2) is 34.2 Å². The predicted molar refractivity (Wildman–Crippen MR) is 101 cm³/mol. The molecule has 0 amide bonds. The van der Waals surface area contributed by atoms with Crippen molar-refractivity contribution in [2.45, 2.75) is 4.90 Å². The smallest absolute Gasteiger partial charge is 0.240 e. The summed E-state index contributed by atoms with van der Waals surface area (Å²) in [6.07, 6.45) is 0. The Balaban J connectivity index is 0.00000264. The van der Waals surface area contributed by atoms with E-state index in [-0.39, 0.29) is 42.0 Å². The Labute approximate surface area is 158 Å². The molecule has 0 aromatic heterocycles. The lowest BCUT2D eigenvalue weighted by Crippen LogP contribution is -2.45. The van der Waals surface area contributed by atoms with Gasteiger partial charge in [-0.3, -0.25) is 4.99 Å². The van der Waals surface area contributed by atoms with Crippen molar-refractivity contribution < 1.29 is 13.2 Å². The number of ether oxygens (including phenoxy) is 1. The van der Waals surface area contributed by atoms with Crippen molar-refractivity contribution in [3.63, 3.8) is 0 Å². The van der Waals surface area contributed by atoms with Crippen molar-refractivity contribution in [3.8, 4) is 0 Å². The molecule has 1 aromatic rings. The normalized spacial score (nSPS) is 16.0. The van der Waals surface area contributed by atoms with Gasteiger partial charge in [0.2, 0.25) is 10.0 Å². The highest BCUT2D eigenvalue weighted by Crippen LogP contribution is 2.14. The zero-order valence-electron chi connectivity index (χ0n) is 12.4. The van der Waals surface area contributed by atoms with Gasteiger partial charge in [-0.2, -0.15) is 0 Å². The number of hydrogen-bond donors (Lipinski definition) is 2. The third kappa shape index (κ3) is 6.42. The van der Waals surface area contributed by atoms with Gasteiger partial charge in [0.05, 0.1) is 24.7 Å². The van der Waals surface area contributed by atoms with Gasteiger partial charge < -0.3 is 15.4 Å². The summed E-state index contributed by atoms with van der Waals surface area (Å²) >= 11 is 5.79. The fourth-order valence-electron chi connectivity index (χ4n) is 1.96. The van der Waals surface area contributed by atoms with E-state index >= 15 is 0 Å². The van der Waals surface area contributed by atoms with Crippen molar-refractivity contribution in [2.24, 2.45) is 10.7 Å². The molecule has 0 radical (unpaired) electrons. The van der Waals surface area contributed by atoms with Crippen molar-refractivity contribution in [1.29, 1.82) is 0 Å². The van der Waals surface area contributed by atoms with E-state index in [4.69, 9.17) is 22.1 Å². The molecule has 1 aliphatic heterocycles. The van der Waals surface area contributed by atoms with E-state index in [0.717, 1.165) is 0 Å². The van der Waals surface area contributed by atoms with E-state index in [2.05, 4.69) is 9.71 Å². The van der Waals surface area contributed by atoms with Crippen LogP contribution < -0.4 is 10.5 Å². The molecule has 1 aromatic carbocycles. The van der Waals surface area contributed by atoms with Crippen LogP contribution in [0.2, 0.25) is 5.02 Å². The number of guanidine groups is 1. The molecular weight excluding hydrogens is 455 g/mol. The number of morpholine rings is 1. The van der Waals surface area contributed by atoms with Crippen molar-refractivity contribution in [1.82, 2.24) is 9.62 Å². The van der Waals surface area contributed by atoms with Gasteiger partial charge in [0.1, 0.15) is 0 Å². The molecule has 0 saturated carbocycles. The van der Waals surface area contributed by atoms with Gasteiger partial charge in [-0.25, -0.2) is 13.1 Å². The second-order valence-corrected chi connectivity index (χ2v) is 6.90. The molecule has 7 nitrogen and oxygen atoms in total. The van der Waals surface area contributed by atoms with Gasteiger partial charge in [0.15, 0.2) is 5.96 Å². The maximum absolute atomic E-state index is 12.1. The average molecular weight is 475 g/mol. The summed E-state index contributed by atoms with van der Waals surface area (Å²) in [5, 5.41) is 0.373. The van der Waals surface area contributed by atoms with Gasteiger partial charge in [-0.05, 0) is 18.2 Å². The van der Waals surface area contributed by atoms with Crippen LogP contribution in [0, 0.1) is 0 Å². The largest absolute Gasteiger partial charge is 0.378 e. The van der Waals surface area contributed by atoms with E-state index in [0.29, 0.717) is 37.3 Å². The Hall–Kier alpha value is -0.620. The Morgan fingerprint density at radius 3 is 2.74 bits per heavy atom. The number of nitrogens with two attached hydrogens (primary N) is 1. The number of rotatable bonds is 5. The lowest BCUT2D eigenvalue weighted by molar-refractivity contribution is 0.0674. The topological polar surface area (TPSA) is 97.0 Å². The van der Waals surface area contributed by atoms with Crippen LogP contribution in [0.4, 0.5) is 0 Å². The number of sulfonamides is 1. The first kappa shape index (κ1) is 20.4. The van der Waals surface area contributed by atoms with Crippen molar-refractivity contribution in [2.75, 3.05) is 39.4 Å². The fourth-order valence-corrected chi connectivity index (χ4v) is 3.28. The Kier molecular flexibility index (Phi) is 8.54. The zero-order chi connectivity index (χ0) is 16.0. The molecule has 0 unspecified atom stereocenters. The molecule has 0 bridgehead atoms. The monoisotopic (exact) mass is 474 g/mol. The first-order valence-corrected chi connectivity index (χ1v) is 8.73. The molecule has 1 fully saturated rings. The van der Waals surface area contributed by atoms with E-state index in [1.807, 2.05) is 4.90 Å². The van der Waals surface area contributed by atoms with Gasteiger partial charge >= 0.3 is 0 Å². The van der Waals surface area contributed by atoms with Crippen LogP contribution >= 0.6 is 35.6 Å². The SMILES string of the molecule is I.NC(=NCCNS(=O)(=O)c1cccc(Cl)c1)N1CCOCC1. The van der Waals surface area contributed by atoms with Gasteiger partial charge in [-0.1, -0.05) is 17.7 Å². The highest BCUT2D eigenvalue weighted by Gasteiger charge is 2.14. The van der Waals surface area contributed by atoms with E-state index in [1.165, 1.54) is 12.1 Å².